The summed E-state index contributed by atoms with van der Waals surface area (Å²) in [7, 11) is 0. The lowest BCUT2D eigenvalue weighted by Gasteiger charge is -2.15. The van der Waals surface area contributed by atoms with Crippen LogP contribution < -0.4 is 0 Å². The second-order valence-electron chi connectivity index (χ2n) is 3.52. The molecule has 0 aromatic heterocycles. The molecule has 0 amide bonds. The van der Waals surface area contributed by atoms with E-state index in [0.29, 0.717) is 6.10 Å². The number of hydrogen-bond acceptors (Lipinski definition) is 1. The highest BCUT2D eigenvalue weighted by molar-refractivity contribution is 9.11. The van der Waals surface area contributed by atoms with Crippen molar-refractivity contribution >= 4 is 15.9 Å². The summed E-state index contributed by atoms with van der Waals surface area (Å²) in [6.45, 7) is 2.88. The van der Waals surface area contributed by atoms with E-state index in [2.05, 4.69) is 28.9 Å². The Hall–Kier alpha value is 0.180. The van der Waals surface area contributed by atoms with E-state index >= 15 is 0 Å². The summed E-state index contributed by atoms with van der Waals surface area (Å²) in [5.74, 6) is 0. The summed E-state index contributed by atoms with van der Waals surface area (Å²) in [5, 5.41) is 0. The average Bonchev–Trinajstić information content (AvgIpc) is 2.21. The van der Waals surface area contributed by atoms with Gasteiger partial charge in [0.15, 0.2) is 0 Å². The van der Waals surface area contributed by atoms with Crippen LogP contribution in [0.2, 0.25) is 0 Å². The van der Waals surface area contributed by atoms with Gasteiger partial charge in [-0.25, -0.2) is 0 Å². The molecule has 1 aliphatic carbocycles. The predicted molar refractivity (Wildman–Crippen MR) is 60.1 cm³/mol. The van der Waals surface area contributed by atoms with E-state index in [4.69, 9.17) is 4.74 Å². The molecular weight excluding hydrogens is 228 g/mol. The Balaban J connectivity index is 2.48. The lowest BCUT2D eigenvalue weighted by Crippen LogP contribution is -2.12. The molecule has 1 aliphatic rings. The maximum absolute atomic E-state index is 5.67. The molecule has 13 heavy (non-hydrogen) atoms. The van der Waals surface area contributed by atoms with Gasteiger partial charge in [0, 0.05) is 11.1 Å². The number of ether oxygens (including phenoxy) is 1. The van der Waals surface area contributed by atoms with Gasteiger partial charge in [0.25, 0.3) is 0 Å². The minimum absolute atomic E-state index is 0.322. The fraction of sp³-hybridized carbons (Fsp3) is 0.818. The third-order valence-corrected chi connectivity index (χ3v) is 3.27. The van der Waals surface area contributed by atoms with Crippen LogP contribution in [-0.4, -0.2) is 12.7 Å². The first-order valence-electron chi connectivity index (χ1n) is 5.31. The number of hydrogen-bond donors (Lipinski definition) is 0. The van der Waals surface area contributed by atoms with Crippen LogP contribution in [-0.2, 0) is 4.74 Å². The summed E-state index contributed by atoms with van der Waals surface area (Å²) in [4.78, 5) is 0. The van der Waals surface area contributed by atoms with Gasteiger partial charge in [-0.2, -0.15) is 0 Å². The van der Waals surface area contributed by atoms with Crippen molar-refractivity contribution in [3.8, 4) is 0 Å². The number of rotatable bonds is 2. The second-order valence-corrected chi connectivity index (χ2v) is 4.44. The van der Waals surface area contributed by atoms with Gasteiger partial charge in [0.2, 0.25) is 0 Å². The molecule has 0 heterocycles. The van der Waals surface area contributed by atoms with Gasteiger partial charge in [0.05, 0.1) is 6.10 Å². The molecule has 0 bridgehead atoms. The average molecular weight is 247 g/mol. The molecule has 0 radical (unpaired) electrons. The molecule has 0 aliphatic heterocycles. The van der Waals surface area contributed by atoms with Crippen LogP contribution in [0.15, 0.2) is 10.6 Å². The van der Waals surface area contributed by atoms with Crippen molar-refractivity contribution < 1.29 is 4.74 Å². The monoisotopic (exact) mass is 246 g/mol. The molecule has 0 aromatic rings. The maximum atomic E-state index is 5.67. The molecule has 1 atom stereocenters. The van der Waals surface area contributed by atoms with E-state index in [1.807, 2.05) is 0 Å². The van der Waals surface area contributed by atoms with Gasteiger partial charge in [-0.05, 0) is 26.2 Å². The first kappa shape index (κ1) is 11.3. The Morgan fingerprint density at radius 1 is 1.38 bits per heavy atom. The summed E-state index contributed by atoms with van der Waals surface area (Å²) in [6.07, 6.45) is 10.3. The van der Waals surface area contributed by atoms with E-state index in [1.54, 1.807) is 0 Å². The summed E-state index contributed by atoms with van der Waals surface area (Å²) < 4.78 is 6.93. The first-order chi connectivity index (χ1) is 6.34. The van der Waals surface area contributed by atoms with E-state index in [0.717, 1.165) is 6.61 Å². The largest absolute Gasteiger partial charge is 0.373 e. The normalized spacial score (nSPS) is 29.7. The molecule has 0 N–H and O–H groups in total. The zero-order valence-electron chi connectivity index (χ0n) is 8.39. The SMILES string of the molecule is CCO[C@@H]1CCCCCC/C=C/1Br. The van der Waals surface area contributed by atoms with E-state index in [1.165, 1.54) is 43.0 Å². The molecule has 0 aromatic carbocycles. The van der Waals surface area contributed by atoms with Crippen molar-refractivity contribution in [3.05, 3.63) is 10.6 Å². The van der Waals surface area contributed by atoms with Crippen LogP contribution in [0, 0.1) is 0 Å². The van der Waals surface area contributed by atoms with Crippen LogP contribution in [0.25, 0.3) is 0 Å². The lowest BCUT2D eigenvalue weighted by atomic mass is 10.1. The first-order valence-corrected chi connectivity index (χ1v) is 6.11. The molecule has 0 spiro atoms. The third kappa shape index (κ3) is 4.28. The minimum atomic E-state index is 0.322. The van der Waals surface area contributed by atoms with Crippen LogP contribution >= 0.6 is 15.9 Å². The summed E-state index contributed by atoms with van der Waals surface area (Å²) in [5.41, 5.74) is 0. The molecule has 0 unspecified atom stereocenters. The molecule has 1 rings (SSSR count). The van der Waals surface area contributed by atoms with Crippen molar-refractivity contribution in [2.75, 3.05) is 6.61 Å². The summed E-state index contributed by atoms with van der Waals surface area (Å²) >= 11 is 3.61. The number of allylic oxidation sites excluding steroid dienone is 1. The Morgan fingerprint density at radius 3 is 2.92 bits per heavy atom. The molecule has 2 heteroatoms. The highest BCUT2D eigenvalue weighted by Crippen LogP contribution is 2.23. The quantitative estimate of drug-likeness (QED) is 0.716. The second kappa shape index (κ2) is 6.61. The van der Waals surface area contributed by atoms with Crippen LogP contribution in [0.4, 0.5) is 0 Å². The fourth-order valence-electron chi connectivity index (χ4n) is 1.70. The van der Waals surface area contributed by atoms with E-state index < -0.39 is 0 Å². The van der Waals surface area contributed by atoms with Crippen molar-refractivity contribution in [2.45, 2.75) is 51.6 Å². The topological polar surface area (TPSA) is 9.23 Å². The fourth-order valence-corrected chi connectivity index (χ4v) is 2.29. The van der Waals surface area contributed by atoms with Gasteiger partial charge < -0.3 is 4.74 Å². The van der Waals surface area contributed by atoms with Gasteiger partial charge in [-0.3, -0.25) is 0 Å². The predicted octanol–water partition coefficient (Wildman–Crippen LogP) is 4.02. The van der Waals surface area contributed by atoms with Gasteiger partial charge in [-0.1, -0.05) is 41.3 Å². The Kier molecular flexibility index (Phi) is 5.72. The van der Waals surface area contributed by atoms with Crippen molar-refractivity contribution in [1.29, 1.82) is 0 Å². The molecule has 0 saturated carbocycles. The maximum Gasteiger partial charge on any atom is 0.0886 e. The third-order valence-electron chi connectivity index (χ3n) is 2.44. The smallest absolute Gasteiger partial charge is 0.0886 e. The van der Waals surface area contributed by atoms with Crippen molar-refractivity contribution in [3.63, 3.8) is 0 Å². The highest BCUT2D eigenvalue weighted by atomic mass is 79.9. The van der Waals surface area contributed by atoms with Crippen LogP contribution in [0.1, 0.15) is 45.4 Å². The van der Waals surface area contributed by atoms with E-state index in [9.17, 15) is 0 Å². The zero-order valence-corrected chi connectivity index (χ0v) is 9.98. The van der Waals surface area contributed by atoms with Gasteiger partial charge in [0.1, 0.15) is 0 Å². The summed E-state index contributed by atoms with van der Waals surface area (Å²) in [6, 6.07) is 0. The van der Waals surface area contributed by atoms with Crippen molar-refractivity contribution in [2.24, 2.45) is 0 Å². The number of halogens is 1. The molecule has 0 saturated heterocycles. The molecule has 76 valence electrons. The Bertz CT molecular complexity index is 165. The van der Waals surface area contributed by atoms with Gasteiger partial charge in [-0.15, -0.1) is 0 Å². The lowest BCUT2D eigenvalue weighted by molar-refractivity contribution is 0.0865. The van der Waals surface area contributed by atoms with Gasteiger partial charge >= 0.3 is 0 Å². The van der Waals surface area contributed by atoms with Crippen LogP contribution in [0.5, 0.6) is 0 Å². The Morgan fingerprint density at radius 2 is 2.15 bits per heavy atom. The van der Waals surface area contributed by atoms with Crippen LogP contribution in [0.3, 0.4) is 0 Å². The zero-order chi connectivity index (χ0) is 9.52. The minimum Gasteiger partial charge on any atom is -0.373 e. The Labute approximate surface area is 89.7 Å². The molecule has 1 nitrogen and oxygen atoms in total. The standard InChI is InChI=1S/C11H19BrO/c1-2-13-11-9-7-5-3-4-6-8-10(11)12/h8,11H,2-7,9H2,1H3/b10-8-/t11-/m1/s1. The molecular formula is C11H19BrO. The van der Waals surface area contributed by atoms with Crippen molar-refractivity contribution in [1.82, 2.24) is 0 Å². The molecule has 0 fully saturated rings. The van der Waals surface area contributed by atoms with E-state index in [-0.39, 0.29) is 0 Å². The highest BCUT2D eigenvalue weighted by Gasteiger charge is 2.12.